The van der Waals surface area contributed by atoms with E-state index in [9.17, 15) is 4.79 Å². The van der Waals surface area contributed by atoms with Crippen molar-refractivity contribution in [1.29, 1.82) is 0 Å². The first-order valence-corrected chi connectivity index (χ1v) is 8.58. The highest BCUT2D eigenvalue weighted by Gasteiger charge is 2.40. The Morgan fingerprint density at radius 2 is 2.17 bits per heavy atom. The number of guanidine groups is 1. The summed E-state index contributed by atoms with van der Waals surface area (Å²) in [5.74, 6) is 0.927. The monoisotopic (exact) mass is 334 g/mol. The van der Waals surface area contributed by atoms with Crippen molar-refractivity contribution in [3.8, 4) is 0 Å². The number of carbonyl (C=O) groups is 1. The van der Waals surface area contributed by atoms with Crippen LogP contribution in [0.4, 0.5) is 0 Å². The van der Waals surface area contributed by atoms with Gasteiger partial charge in [-0.1, -0.05) is 0 Å². The number of nitrogens with one attached hydrogen (secondary N) is 1. The van der Waals surface area contributed by atoms with Crippen molar-refractivity contribution >= 4 is 11.9 Å². The maximum absolute atomic E-state index is 12.6. The number of aliphatic imine (C=N–C) groups is 1. The first-order valence-electron chi connectivity index (χ1n) is 8.58. The van der Waals surface area contributed by atoms with E-state index >= 15 is 0 Å². The third-order valence-electron chi connectivity index (χ3n) is 4.29. The molecule has 1 aliphatic rings. The summed E-state index contributed by atoms with van der Waals surface area (Å²) in [5.41, 5.74) is 0.809. The summed E-state index contributed by atoms with van der Waals surface area (Å²) in [6.45, 7) is 12.8. The van der Waals surface area contributed by atoms with Crippen molar-refractivity contribution in [3.63, 3.8) is 0 Å². The van der Waals surface area contributed by atoms with Gasteiger partial charge in [0.25, 0.3) is 0 Å². The Balaban J connectivity index is 2.19. The van der Waals surface area contributed by atoms with Crippen LogP contribution < -0.4 is 5.32 Å². The SMILES string of the molecule is CCNC(=NCc1ccnn1C)N1CC(=O)N(C(C)C)C(C)(C)C1. The minimum absolute atomic E-state index is 0.146. The third-order valence-corrected chi connectivity index (χ3v) is 4.29. The van der Waals surface area contributed by atoms with Gasteiger partial charge >= 0.3 is 0 Å². The molecular formula is C17H30N6O. The van der Waals surface area contributed by atoms with E-state index in [-0.39, 0.29) is 17.5 Å². The number of hydrogen-bond donors (Lipinski definition) is 1. The van der Waals surface area contributed by atoms with Gasteiger partial charge in [-0.25, -0.2) is 4.99 Å². The van der Waals surface area contributed by atoms with Crippen LogP contribution in [0.25, 0.3) is 0 Å². The molecule has 134 valence electrons. The molecule has 1 aromatic heterocycles. The fourth-order valence-corrected chi connectivity index (χ4v) is 3.45. The number of aryl methyl sites for hydroxylation is 1. The average Bonchev–Trinajstić information content (AvgIpc) is 2.86. The number of piperazine rings is 1. The number of carbonyl (C=O) groups excluding carboxylic acids is 1. The summed E-state index contributed by atoms with van der Waals surface area (Å²) in [6.07, 6.45) is 1.77. The van der Waals surface area contributed by atoms with Gasteiger partial charge in [-0.05, 0) is 40.7 Å². The molecule has 0 saturated carbocycles. The van der Waals surface area contributed by atoms with Crippen molar-refractivity contribution < 1.29 is 4.79 Å². The van der Waals surface area contributed by atoms with E-state index in [1.54, 1.807) is 6.20 Å². The van der Waals surface area contributed by atoms with E-state index < -0.39 is 0 Å². The molecule has 1 N–H and O–H groups in total. The summed E-state index contributed by atoms with van der Waals surface area (Å²) in [6, 6.07) is 2.15. The van der Waals surface area contributed by atoms with Crippen LogP contribution >= 0.6 is 0 Å². The molecule has 0 radical (unpaired) electrons. The molecule has 0 aromatic carbocycles. The Morgan fingerprint density at radius 1 is 1.46 bits per heavy atom. The van der Waals surface area contributed by atoms with Crippen LogP contribution in [-0.4, -0.2) is 62.7 Å². The van der Waals surface area contributed by atoms with Crippen molar-refractivity contribution in [1.82, 2.24) is 24.9 Å². The molecule has 7 nitrogen and oxygen atoms in total. The molecule has 2 rings (SSSR count). The van der Waals surface area contributed by atoms with Gasteiger partial charge < -0.3 is 15.1 Å². The lowest BCUT2D eigenvalue weighted by molar-refractivity contribution is -0.145. The average molecular weight is 334 g/mol. The Morgan fingerprint density at radius 3 is 2.67 bits per heavy atom. The molecule has 0 aliphatic carbocycles. The summed E-state index contributed by atoms with van der Waals surface area (Å²) in [4.78, 5) is 21.4. The van der Waals surface area contributed by atoms with E-state index in [4.69, 9.17) is 4.99 Å². The summed E-state index contributed by atoms with van der Waals surface area (Å²) >= 11 is 0. The van der Waals surface area contributed by atoms with Gasteiger partial charge in [0.05, 0.1) is 24.3 Å². The lowest BCUT2D eigenvalue weighted by atomic mass is 9.96. The van der Waals surface area contributed by atoms with E-state index in [0.29, 0.717) is 13.1 Å². The van der Waals surface area contributed by atoms with Crippen LogP contribution in [0.3, 0.4) is 0 Å². The van der Waals surface area contributed by atoms with Gasteiger partial charge in [-0.2, -0.15) is 5.10 Å². The highest BCUT2D eigenvalue weighted by atomic mass is 16.2. The highest BCUT2D eigenvalue weighted by molar-refractivity contribution is 5.88. The standard InChI is InChI=1S/C17H30N6O/c1-7-18-16(19-10-14-8-9-20-21(14)6)22-11-15(24)23(13(2)3)17(4,5)12-22/h8-9,13H,7,10-12H2,1-6H3,(H,18,19). The van der Waals surface area contributed by atoms with Gasteiger partial charge in [0.2, 0.25) is 5.91 Å². The zero-order valence-electron chi connectivity index (χ0n) is 15.7. The van der Waals surface area contributed by atoms with Crippen LogP contribution in [0.2, 0.25) is 0 Å². The van der Waals surface area contributed by atoms with E-state index in [1.165, 1.54) is 0 Å². The van der Waals surface area contributed by atoms with Crippen molar-refractivity contribution in [2.75, 3.05) is 19.6 Å². The molecule has 7 heteroatoms. The second-order valence-corrected chi connectivity index (χ2v) is 7.14. The lowest BCUT2D eigenvalue weighted by Crippen LogP contribution is -2.66. The zero-order valence-corrected chi connectivity index (χ0v) is 15.7. The Hall–Kier alpha value is -2.05. The van der Waals surface area contributed by atoms with E-state index in [1.807, 2.05) is 29.6 Å². The largest absolute Gasteiger partial charge is 0.356 e. The smallest absolute Gasteiger partial charge is 0.242 e. The molecule has 1 saturated heterocycles. The molecule has 1 aromatic rings. The Bertz CT molecular complexity index is 604. The first kappa shape index (κ1) is 18.3. The Labute approximate surface area is 144 Å². The first-order chi connectivity index (χ1) is 11.3. The van der Waals surface area contributed by atoms with Crippen LogP contribution in [0.5, 0.6) is 0 Å². The molecule has 1 fully saturated rings. The maximum atomic E-state index is 12.6. The van der Waals surface area contributed by atoms with Gasteiger partial charge in [0.1, 0.15) is 0 Å². The highest BCUT2D eigenvalue weighted by Crippen LogP contribution is 2.24. The van der Waals surface area contributed by atoms with E-state index in [2.05, 4.69) is 43.0 Å². The lowest BCUT2D eigenvalue weighted by Gasteiger charge is -2.49. The van der Waals surface area contributed by atoms with E-state index in [0.717, 1.165) is 24.7 Å². The molecule has 1 aliphatic heterocycles. The molecule has 0 unspecified atom stereocenters. The number of aromatic nitrogens is 2. The zero-order chi connectivity index (χ0) is 17.9. The second-order valence-electron chi connectivity index (χ2n) is 7.14. The number of hydrogen-bond acceptors (Lipinski definition) is 3. The molecule has 0 bridgehead atoms. The third kappa shape index (κ3) is 3.88. The molecule has 24 heavy (non-hydrogen) atoms. The van der Waals surface area contributed by atoms with Crippen molar-refractivity contribution in [3.05, 3.63) is 18.0 Å². The van der Waals surface area contributed by atoms with Gasteiger partial charge in [0.15, 0.2) is 5.96 Å². The van der Waals surface area contributed by atoms with Gasteiger partial charge in [-0.3, -0.25) is 9.48 Å². The normalized spacial score (nSPS) is 18.5. The van der Waals surface area contributed by atoms with Crippen molar-refractivity contribution in [2.24, 2.45) is 12.0 Å². The van der Waals surface area contributed by atoms with Crippen LogP contribution in [0.15, 0.2) is 17.3 Å². The molecular weight excluding hydrogens is 304 g/mol. The molecule has 0 spiro atoms. The minimum atomic E-state index is -0.230. The number of nitrogens with zero attached hydrogens (tertiary/aromatic N) is 5. The summed E-state index contributed by atoms with van der Waals surface area (Å²) in [7, 11) is 1.91. The Kier molecular flexibility index (Phi) is 5.51. The van der Waals surface area contributed by atoms with Crippen LogP contribution in [-0.2, 0) is 18.4 Å². The van der Waals surface area contributed by atoms with Crippen LogP contribution in [0.1, 0.15) is 40.3 Å². The fourth-order valence-electron chi connectivity index (χ4n) is 3.45. The molecule has 0 atom stereocenters. The topological polar surface area (TPSA) is 65.8 Å². The summed E-state index contributed by atoms with van der Waals surface area (Å²) < 4.78 is 1.82. The fraction of sp³-hybridized carbons (Fsp3) is 0.706. The molecule has 1 amide bonds. The maximum Gasteiger partial charge on any atom is 0.242 e. The number of amides is 1. The summed E-state index contributed by atoms with van der Waals surface area (Å²) in [5, 5.41) is 7.48. The molecule has 2 heterocycles. The number of rotatable bonds is 4. The van der Waals surface area contributed by atoms with Crippen molar-refractivity contribution in [2.45, 2.75) is 52.7 Å². The van der Waals surface area contributed by atoms with Crippen LogP contribution in [0, 0.1) is 0 Å². The van der Waals surface area contributed by atoms with Gasteiger partial charge in [-0.15, -0.1) is 0 Å². The minimum Gasteiger partial charge on any atom is -0.356 e. The predicted molar refractivity (Wildman–Crippen MR) is 95.7 cm³/mol. The second kappa shape index (κ2) is 7.23. The quantitative estimate of drug-likeness (QED) is 0.664. The predicted octanol–water partition coefficient (Wildman–Crippen LogP) is 1.22. The van der Waals surface area contributed by atoms with Gasteiger partial charge in [0, 0.05) is 32.4 Å².